The Morgan fingerprint density at radius 1 is 1.04 bits per heavy atom. The van der Waals surface area contributed by atoms with E-state index in [1.165, 1.54) is 16.4 Å². The Morgan fingerprint density at radius 2 is 1.67 bits per heavy atom. The average Bonchev–Trinajstić information content (AvgIpc) is 2.56. The number of carbonyl (C=O) groups is 1. The van der Waals surface area contributed by atoms with Crippen LogP contribution in [0.3, 0.4) is 0 Å². The first-order valence-electron chi connectivity index (χ1n) is 7.83. The van der Waals surface area contributed by atoms with Crippen LogP contribution in [-0.4, -0.2) is 25.7 Å². The summed E-state index contributed by atoms with van der Waals surface area (Å²) in [6.07, 6.45) is 1.21. The predicted octanol–water partition coefficient (Wildman–Crippen LogP) is 3.25. The highest BCUT2D eigenvalue weighted by Gasteiger charge is 2.20. The fourth-order valence-corrected chi connectivity index (χ4v) is 3.43. The van der Waals surface area contributed by atoms with E-state index in [9.17, 15) is 13.2 Å². The fraction of sp³-hybridized carbons (Fsp3) is 0.278. The minimum absolute atomic E-state index is 0.0747. The zero-order chi connectivity index (χ0) is 17.6. The number of sulfonamides is 1. The summed E-state index contributed by atoms with van der Waals surface area (Å²) in [5, 5.41) is 2.74. The van der Waals surface area contributed by atoms with Crippen LogP contribution in [-0.2, 0) is 21.4 Å². The molecule has 0 saturated heterocycles. The van der Waals surface area contributed by atoms with Crippen LogP contribution >= 0.6 is 0 Å². The molecule has 0 atom stereocenters. The van der Waals surface area contributed by atoms with Crippen LogP contribution in [0.15, 0.2) is 59.5 Å². The lowest BCUT2D eigenvalue weighted by Crippen LogP contribution is -2.26. The molecular formula is C18H22N2O3S. The molecule has 1 amide bonds. The third kappa shape index (κ3) is 4.66. The Balaban J connectivity index is 2.10. The number of rotatable bonds is 7. The van der Waals surface area contributed by atoms with Crippen LogP contribution < -0.4 is 5.32 Å². The average molecular weight is 346 g/mol. The number of carbonyl (C=O) groups excluding carboxylic acids is 1. The maximum atomic E-state index is 12.6. The van der Waals surface area contributed by atoms with E-state index in [2.05, 4.69) is 5.32 Å². The molecule has 0 spiro atoms. The standard InChI is InChI=1S/C18H22N2O3S/c1-3-7-18(21)19-16-10-12-17(13-11-16)24(22,23)20(2)14-15-8-5-4-6-9-15/h4-6,8-13H,3,7,14H2,1-2H3,(H,19,21). The van der Waals surface area contributed by atoms with E-state index in [4.69, 9.17) is 0 Å². The highest BCUT2D eigenvalue weighted by molar-refractivity contribution is 7.89. The van der Waals surface area contributed by atoms with Gasteiger partial charge in [-0.1, -0.05) is 37.3 Å². The van der Waals surface area contributed by atoms with Gasteiger partial charge in [-0.3, -0.25) is 4.79 Å². The van der Waals surface area contributed by atoms with Gasteiger partial charge in [-0.25, -0.2) is 8.42 Å². The topological polar surface area (TPSA) is 66.5 Å². The highest BCUT2D eigenvalue weighted by atomic mass is 32.2. The van der Waals surface area contributed by atoms with Crippen LogP contribution in [0.5, 0.6) is 0 Å². The van der Waals surface area contributed by atoms with E-state index in [0.717, 1.165) is 12.0 Å². The molecule has 2 aromatic carbocycles. The van der Waals surface area contributed by atoms with E-state index in [0.29, 0.717) is 18.7 Å². The van der Waals surface area contributed by atoms with E-state index in [1.807, 2.05) is 37.3 Å². The lowest BCUT2D eigenvalue weighted by molar-refractivity contribution is -0.116. The number of amides is 1. The molecule has 0 radical (unpaired) electrons. The summed E-state index contributed by atoms with van der Waals surface area (Å²) < 4.78 is 26.5. The molecule has 24 heavy (non-hydrogen) atoms. The van der Waals surface area contributed by atoms with Crippen LogP contribution in [0.2, 0.25) is 0 Å². The summed E-state index contributed by atoms with van der Waals surface area (Å²) in [5.74, 6) is -0.0747. The zero-order valence-electron chi connectivity index (χ0n) is 13.9. The van der Waals surface area contributed by atoms with Gasteiger partial charge < -0.3 is 5.32 Å². The van der Waals surface area contributed by atoms with Crippen molar-refractivity contribution < 1.29 is 13.2 Å². The van der Waals surface area contributed by atoms with E-state index < -0.39 is 10.0 Å². The summed E-state index contributed by atoms with van der Waals surface area (Å²) in [6, 6.07) is 15.7. The zero-order valence-corrected chi connectivity index (χ0v) is 14.7. The first-order chi connectivity index (χ1) is 11.4. The van der Waals surface area contributed by atoms with Crippen molar-refractivity contribution in [1.29, 1.82) is 0 Å². The van der Waals surface area contributed by atoms with Crippen LogP contribution in [0.25, 0.3) is 0 Å². The molecule has 0 unspecified atom stereocenters. The fourth-order valence-electron chi connectivity index (χ4n) is 2.27. The summed E-state index contributed by atoms with van der Waals surface area (Å²) >= 11 is 0. The van der Waals surface area contributed by atoms with Gasteiger partial charge in [0, 0.05) is 25.7 Å². The van der Waals surface area contributed by atoms with Gasteiger partial charge in [-0.05, 0) is 36.2 Å². The maximum absolute atomic E-state index is 12.6. The second-order valence-corrected chi connectivity index (χ2v) is 7.61. The minimum Gasteiger partial charge on any atom is -0.326 e. The molecule has 0 saturated carbocycles. The normalized spacial score (nSPS) is 11.5. The summed E-state index contributed by atoms with van der Waals surface area (Å²) in [7, 11) is -2.02. The van der Waals surface area contributed by atoms with Gasteiger partial charge in [0.05, 0.1) is 4.90 Å². The molecule has 6 heteroatoms. The first-order valence-corrected chi connectivity index (χ1v) is 9.27. The van der Waals surface area contributed by atoms with Crippen molar-refractivity contribution in [3.05, 3.63) is 60.2 Å². The highest BCUT2D eigenvalue weighted by Crippen LogP contribution is 2.19. The Hall–Kier alpha value is -2.18. The Kier molecular flexibility index (Phi) is 6.11. The van der Waals surface area contributed by atoms with Crippen molar-refractivity contribution in [2.24, 2.45) is 0 Å². The van der Waals surface area contributed by atoms with Crippen molar-refractivity contribution in [1.82, 2.24) is 4.31 Å². The van der Waals surface area contributed by atoms with Gasteiger partial charge in [0.2, 0.25) is 15.9 Å². The molecule has 0 fully saturated rings. The number of anilines is 1. The van der Waals surface area contributed by atoms with Crippen LogP contribution in [0.1, 0.15) is 25.3 Å². The molecule has 0 aliphatic rings. The van der Waals surface area contributed by atoms with Gasteiger partial charge in [-0.15, -0.1) is 0 Å². The molecule has 0 aliphatic heterocycles. The number of benzene rings is 2. The van der Waals surface area contributed by atoms with Gasteiger partial charge in [0.15, 0.2) is 0 Å². The van der Waals surface area contributed by atoms with Crippen molar-refractivity contribution in [3.63, 3.8) is 0 Å². The van der Waals surface area contributed by atoms with E-state index in [-0.39, 0.29) is 10.8 Å². The van der Waals surface area contributed by atoms with Gasteiger partial charge in [-0.2, -0.15) is 4.31 Å². The minimum atomic E-state index is -3.57. The Morgan fingerprint density at radius 3 is 2.25 bits per heavy atom. The molecule has 0 bridgehead atoms. The van der Waals surface area contributed by atoms with Crippen molar-refractivity contribution in [2.75, 3.05) is 12.4 Å². The van der Waals surface area contributed by atoms with E-state index >= 15 is 0 Å². The van der Waals surface area contributed by atoms with Crippen molar-refractivity contribution in [2.45, 2.75) is 31.2 Å². The van der Waals surface area contributed by atoms with Gasteiger partial charge in [0.1, 0.15) is 0 Å². The molecule has 0 heterocycles. The molecular weight excluding hydrogens is 324 g/mol. The lowest BCUT2D eigenvalue weighted by Gasteiger charge is -2.17. The first kappa shape index (κ1) is 18.2. The molecule has 2 aromatic rings. The number of hydrogen-bond acceptors (Lipinski definition) is 3. The SMILES string of the molecule is CCCC(=O)Nc1ccc(S(=O)(=O)N(C)Cc2ccccc2)cc1. The summed E-state index contributed by atoms with van der Waals surface area (Å²) in [6.45, 7) is 2.23. The quantitative estimate of drug-likeness (QED) is 0.837. The van der Waals surface area contributed by atoms with Crippen LogP contribution in [0.4, 0.5) is 5.69 Å². The molecule has 0 aromatic heterocycles. The lowest BCUT2D eigenvalue weighted by atomic mass is 10.2. The molecule has 128 valence electrons. The predicted molar refractivity (Wildman–Crippen MR) is 95.1 cm³/mol. The molecule has 5 nitrogen and oxygen atoms in total. The number of nitrogens with one attached hydrogen (secondary N) is 1. The Bertz CT molecular complexity index is 772. The molecule has 1 N–H and O–H groups in total. The largest absolute Gasteiger partial charge is 0.326 e. The second-order valence-electron chi connectivity index (χ2n) is 5.57. The van der Waals surface area contributed by atoms with E-state index in [1.54, 1.807) is 19.2 Å². The number of hydrogen-bond donors (Lipinski definition) is 1. The maximum Gasteiger partial charge on any atom is 0.243 e. The summed E-state index contributed by atoms with van der Waals surface area (Å²) in [4.78, 5) is 11.8. The third-order valence-electron chi connectivity index (χ3n) is 3.57. The Labute approximate surface area is 143 Å². The number of nitrogens with zero attached hydrogens (tertiary/aromatic N) is 1. The smallest absolute Gasteiger partial charge is 0.243 e. The molecule has 0 aliphatic carbocycles. The van der Waals surface area contributed by atoms with Crippen molar-refractivity contribution >= 4 is 21.6 Å². The third-order valence-corrected chi connectivity index (χ3v) is 5.39. The monoisotopic (exact) mass is 346 g/mol. The second kappa shape index (κ2) is 8.08. The van der Waals surface area contributed by atoms with Crippen LogP contribution in [0, 0.1) is 0 Å². The summed E-state index contributed by atoms with van der Waals surface area (Å²) in [5.41, 5.74) is 1.52. The molecule has 2 rings (SSSR count). The van der Waals surface area contributed by atoms with Gasteiger partial charge in [0.25, 0.3) is 0 Å². The van der Waals surface area contributed by atoms with Gasteiger partial charge >= 0.3 is 0 Å². The van der Waals surface area contributed by atoms with Crippen molar-refractivity contribution in [3.8, 4) is 0 Å².